The number of sulfone groups is 1. The Hall–Kier alpha value is -0.780. The molecule has 0 aromatic heterocycles. The van der Waals surface area contributed by atoms with Crippen LogP contribution in [0, 0.1) is 0 Å². The summed E-state index contributed by atoms with van der Waals surface area (Å²) in [5.41, 5.74) is 0. The molecule has 1 rings (SSSR count). The van der Waals surface area contributed by atoms with Crippen LogP contribution >= 0.6 is 0 Å². The third kappa shape index (κ3) is 3.17. The lowest BCUT2D eigenvalue weighted by atomic mass is 10.6. The van der Waals surface area contributed by atoms with Gasteiger partial charge in [0.2, 0.25) is 0 Å². The second-order valence-corrected chi connectivity index (χ2v) is 5.76. The van der Waals surface area contributed by atoms with Crippen molar-refractivity contribution in [1.29, 1.82) is 0 Å². The van der Waals surface area contributed by atoms with Gasteiger partial charge in [0, 0.05) is 25.9 Å². The molecule has 0 aromatic carbocycles. The monoisotopic (exact) mass is 219 g/mol. The quantitative estimate of drug-likeness (QED) is 0.680. The Labute approximate surface area is 85.1 Å². The van der Waals surface area contributed by atoms with E-state index in [1.54, 1.807) is 6.92 Å². The van der Waals surface area contributed by atoms with Crippen LogP contribution in [0.15, 0.2) is 4.99 Å². The Morgan fingerprint density at radius 2 is 2.29 bits per heavy atom. The number of aliphatic imine (C=N–C) groups is 1. The molecule has 1 N–H and O–H groups in total. The standard InChI is InChI=1S/C8H17N3O2S/c1-3-14(12,13)7-5-10-8-9-4-6-11(8)2/h3-7H2,1-2H3,(H,9,10). The van der Waals surface area contributed by atoms with Crippen LogP contribution in [0.1, 0.15) is 6.92 Å². The van der Waals surface area contributed by atoms with Gasteiger partial charge in [0.05, 0.1) is 12.3 Å². The lowest BCUT2D eigenvalue weighted by Gasteiger charge is -2.14. The summed E-state index contributed by atoms with van der Waals surface area (Å²) < 4.78 is 22.3. The van der Waals surface area contributed by atoms with E-state index in [4.69, 9.17) is 0 Å². The van der Waals surface area contributed by atoms with Gasteiger partial charge in [-0.1, -0.05) is 6.92 Å². The van der Waals surface area contributed by atoms with Crippen molar-refractivity contribution in [3.05, 3.63) is 0 Å². The highest BCUT2D eigenvalue weighted by molar-refractivity contribution is 7.91. The molecule has 0 bridgehead atoms. The van der Waals surface area contributed by atoms with Crippen LogP contribution < -0.4 is 5.32 Å². The molecule has 0 atom stereocenters. The normalized spacial score (nSPS) is 17.0. The highest BCUT2D eigenvalue weighted by Gasteiger charge is 2.12. The number of nitrogens with one attached hydrogen (secondary N) is 1. The number of hydrogen-bond donors (Lipinski definition) is 1. The van der Waals surface area contributed by atoms with Gasteiger partial charge in [-0.2, -0.15) is 0 Å². The van der Waals surface area contributed by atoms with Crippen LogP contribution in [0.2, 0.25) is 0 Å². The van der Waals surface area contributed by atoms with E-state index in [0.717, 1.165) is 19.0 Å². The molecular weight excluding hydrogens is 202 g/mol. The maximum absolute atomic E-state index is 11.2. The molecule has 82 valence electrons. The molecule has 6 heteroatoms. The lowest BCUT2D eigenvalue weighted by molar-refractivity contribution is 0.535. The van der Waals surface area contributed by atoms with Gasteiger partial charge in [0.15, 0.2) is 15.8 Å². The minimum atomic E-state index is -2.86. The van der Waals surface area contributed by atoms with Gasteiger partial charge in [-0.25, -0.2) is 8.42 Å². The summed E-state index contributed by atoms with van der Waals surface area (Å²) in [5, 5.41) is 3.02. The molecule has 14 heavy (non-hydrogen) atoms. The van der Waals surface area contributed by atoms with Gasteiger partial charge < -0.3 is 10.2 Å². The average Bonchev–Trinajstić information content (AvgIpc) is 2.52. The topological polar surface area (TPSA) is 61.8 Å². The second-order valence-electron chi connectivity index (χ2n) is 3.29. The lowest BCUT2D eigenvalue weighted by Crippen LogP contribution is -2.38. The first-order valence-electron chi connectivity index (χ1n) is 4.75. The van der Waals surface area contributed by atoms with Crippen molar-refractivity contribution in [2.24, 2.45) is 4.99 Å². The first kappa shape index (κ1) is 11.3. The third-order valence-electron chi connectivity index (χ3n) is 2.19. The van der Waals surface area contributed by atoms with Crippen molar-refractivity contribution >= 4 is 15.8 Å². The summed E-state index contributed by atoms with van der Waals surface area (Å²) >= 11 is 0. The molecule has 0 aromatic rings. The minimum Gasteiger partial charge on any atom is -0.355 e. The molecule has 0 aliphatic carbocycles. The van der Waals surface area contributed by atoms with Crippen LogP contribution in [-0.2, 0) is 9.84 Å². The number of rotatable bonds is 4. The molecule has 0 fully saturated rings. The maximum atomic E-state index is 11.2. The largest absolute Gasteiger partial charge is 0.355 e. The first-order chi connectivity index (χ1) is 6.55. The van der Waals surface area contributed by atoms with E-state index < -0.39 is 9.84 Å². The van der Waals surface area contributed by atoms with E-state index in [0.29, 0.717) is 6.54 Å². The zero-order valence-electron chi connectivity index (χ0n) is 8.65. The SMILES string of the molecule is CCS(=O)(=O)CCNC1=NCCN1C. The molecule has 0 saturated heterocycles. The van der Waals surface area contributed by atoms with Crippen molar-refractivity contribution < 1.29 is 8.42 Å². The third-order valence-corrected chi connectivity index (χ3v) is 3.90. The number of hydrogen-bond acceptors (Lipinski definition) is 5. The van der Waals surface area contributed by atoms with Gasteiger partial charge >= 0.3 is 0 Å². The minimum absolute atomic E-state index is 0.177. The molecule has 1 heterocycles. The van der Waals surface area contributed by atoms with Crippen LogP contribution in [0.4, 0.5) is 0 Å². The number of nitrogens with zero attached hydrogens (tertiary/aromatic N) is 2. The zero-order chi connectivity index (χ0) is 10.6. The first-order valence-corrected chi connectivity index (χ1v) is 6.57. The van der Waals surface area contributed by atoms with E-state index in [-0.39, 0.29) is 11.5 Å². The molecule has 1 aliphatic heterocycles. The molecule has 0 spiro atoms. The maximum Gasteiger partial charge on any atom is 0.193 e. The fourth-order valence-corrected chi connectivity index (χ4v) is 1.89. The molecule has 1 aliphatic rings. The van der Waals surface area contributed by atoms with Gasteiger partial charge in [-0.3, -0.25) is 4.99 Å². The van der Waals surface area contributed by atoms with Crippen LogP contribution in [0.3, 0.4) is 0 Å². The Bertz CT molecular complexity index is 311. The Morgan fingerprint density at radius 1 is 1.57 bits per heavy atom. The Kier molecular flexibility index (Phi) is 3.74. The average molecular weight is 219 g/mol. The smallest absolute Gasteiger partial charge is 0.193 e. The van der Waals surface area contributed by atoms with E-state index in [2.05, 4.69) is 10.3 Å². The molecule has 5 nitrogen and oxygen atoms in total. The fraction of sp³-hybridized carbons (Fsp3) is 0.875. The highest BCUT2D eigenvalue weighted by atomic mass is 32.2. The van der Waals surface area contributed by atoms with Gasteiger partial charge in [0.1, 0.15) is 0 Å². The summed E-state index contributed by atoms with van der Waals surface area (Å²) in [6.07, 6.45) is 0. The summed E-state index contributed by atoms with van der Waals surface area (Å²) in [5.74, 6) is 1.18. The molecule has 0 saturated carbocycles. The van der Waals surface area contributed by atoms with Crippen LogP contribution in [0.5, 0.6) is 0 Å². The zero-order valence-corrected chi connectivity index (χ0v) is 9.47. The van der Waals surface area contributed by atoms with E-state index in [9.17, 15) is 8.42 Å². The van der Waals surface area contributed by atoms with Crippen LogP contribution in [0.25, 0.3) is 0 Å². The van der Waals surface area contributed by atoms with Crippen LogP contribution in [-0.4, -0.2) is 57.5 Å². The summed E-state index contributed by atoms with van der Waals surface area (Å²) in [4.78, 5) is 6.18. The van der Waals surface area contributed by atoms with E-state index in [1.807, 2.05) is 11.9 Å². The predicted molar refractivity (Wildman–Crippen MR) is 57.3 cm³/mol. The summed E-state index contributed by atoms with van der Waals surface area (Å²) in [7, 11) is -0.927. The number of guanidine groups is 1. The van der Waals surface area contributed by atoms with E-state index in [1.165, 1.54) is 0 Å². The summed E-state index contributed by atoms with van der Waals surface area (Å²) in [6, 6.07) is 0. The molecular formula is C8H17N3O2S. The van der Waals surface area contributed by atoms with Crippen molar-refractivity contribution in [2.75, 3.05) is 38.2 Å². The summed E-state index contributed by atoms with van der Waals surface area (Å²) in [6.45, 7) is 3.80. The van der Waals surface area contributed by atoms with Gasteiger partial charge in [-0.05, 0) is 0 Å². The van der Waals surface area contributed by atoms with Gasteiger partial charge in [0.25, 0.3) is 0 Å². The van der Waals surface area contributed by atoms with Crippen molar-refractivity contribution in [2.45, 2.75) is 6.92 Å². The second kappa shape index (κ2) is 4.63. The molecule has 0 amide bonds. The fourth-order valence-electron chi connectivity index (χ4n) is 1.19. The Morgan fingerprint density at radius 3 is 2.79 bits per heavy atom. The van der Waals surface area contributed by atoms with Crippen molar-refractivity contribution in [1.82, 2.24) is 10.2 Å². The molecule has 0 radical (unpaired) electrons. The number of likely N-dealkylation sites (N-methyl/N-ethyl adjacent to an activating group) is 1. The Balaban J connectivity index is 2.28. The van der Waals surface area contributed by atoms with Crippen molar-refractivity contribution in [3.8, 4) is 0 Å². The van der Waals surface area contributed by atoms with Crippen molar-refractivity contribution in [3.63, 3.8) is 0 Å². The molecule has 0 unspecified atom stereocenters. The highest BCUT2D eigenvalue weighted by Crippen LogP contribution is 1.95. The predicted octanol–water partition coefficient (Wildman–Crippen LogP) is -0.688. The van der Waals surface area contributed by atoms with E-state index >= 15 is 0 Å². The van der Waals surface area contributed by atoms with Gasteiger partial charge in [-0.15, -0.1) is 0 Å².